The molecule has 0 spiro atoms. The van der Waals surface area contributed by atoms with E-state index in [1.807, 2.05) is 18.2 Å². The van der Waals surface area contributed by atoms with Crippen molar-refractivity contribution in [3.8, 4) is 33.2 Å². The molecule has 0 radical (unpaired) electrons. The second-order valence-electron chi connectivity index (χ2n) is 10.5. The number of hydrogen-bond donors (Lipinski definition) is 3. The summed E-state index contributed by atoms with van der Waals surface area (Å²) in [4.78, 5) is 36.9. The number of carbonyl (C=O) groups is 1. The Hall–Kier alpha value is -4.44. The summed E-state index contributed by atoms with van der Waals surface area (Å²) < 4.78 is 0. The molecule has 0 atom stereocenters. The summed E-state index contributed by atoms with van der Waals surface area (Å²) in [6, 6.07) is 10.1. The molecule has 0 aliphatic heterocycles. The molecule has 1 saturated carbocycles. The number of aromatic nitrogens is 7. The number of fused-ring (bicyclic) bond motifs is 2. The van der Waals surface area contributed by atoms with E-state index in [1.54, 1.807) is 36.1 Å². The number of imidazole rings is 1. The van der Waals surface area contributed by atoms with Crippen molar-refractivity contribution in [1.82, 2.24) is 35.1 Å². The van der Waals surface area contributed by atoms with Crippen LogP contribution in [-0.2, 0) is 4.79 Å². The fourth-order valence-corrected chi connectivity index (χ4v) is 6.43. The number of rotatable bonds is 6. The molecule has 0 saturated heterocycles. The van der Waals surface area contributed by atoms with Gasteiger partial charge in [-0.15, -0.1) is 11.3 Å². The average molecular weight is 549 g/mol. The maximum atomic E-state index is 12.7. The van der Waals surface area contributed by atoms with Crippen molar-refractivity contribution in [1.29, 1.82) is 0 Å². The zero-order chi connectivity index (χ0) is 27.1. The van der Waals surface area contributed by atoms with Gasteiger partial charge in [-0.3, -0.25) is 19.9 Å². The van der Waals surface area contributed by atoms with Gasteiger partial charge in [-0.05, 0) is 56.0 Å². The fraction of sp³-hybridized carbons (Fsp3) is 0.267. The zero-order valence-corrected chi connectivity index (χ0v) is 22.9. The number of nitrogens with zero attached hydrogens (tertiary/aromatic N) is 5. The van der Waals surface area contributed by atoms with Crippen LogP contribution in [0.3, 0.4) is 0 Å². The Bertz CT molecular complexity index is 1850. The van der Waals surface area contributed by atoms with Crippen LogP contribution < -0.4 is 5.32 Å². The van der Waals surface area contributed by atoms with Crippen LogP contribution in [0.15, 0.2) is 55.1 Å². The topological polar surface area (TPSA) is 125 Å². The molecule has 7 rings (SSSR count). The molecule has 1 fully saturated rings. The first-order valence-corrected chi connectivity index (χ1v) is 14.4. The lowest BCUT2D eigenvalue weighted by atomic mass is 9.87. The summed E-state index contributed by atoms with van der Waals surface area (Å²) >= 11 is 1.70. The molecule has 200 valence electrons. The summed E-state index contributed by atoms with van der Waals surface area (Å²) in [5, 5.41) is 11.5. The van der Waals surface area contributed by atoms with Crippen LogP contribution in [0.1, 0.15) is 43.4 Å². The van der Waals surface area contributed by atoms with E-state index in [0.29, 0.717) is 35.2 Å². The van der Waals surface area contributed by atoms with Gasteiger partial charge in [0.25, 0.3) is 0 Å². The smallest absolute Gasteiger partial charge is 0.224 e. The minimum absolute atomic E-state index is 0.0491. The highest BCUT2D eigenvalue weighted by atomic mass is 32.1. The molecular weight excluding hydrogens is 520 g/mol. The number of pyridine rings is 3. The molecule has 9 nitrogen and oxygen atoms in total. The largest absolute Gasteiger partial charge is 0.336 e. The first-order valence-electron chi connectivity index (χ1n) is 13.6. The molecule has 0 unspecified atom stereocenters. The van der Waals surface area contributed by atoms with E-state index in [2.05, 4.69) is 54.5 Å². The monoisotopic (exact) mass is 548 g/mol. The predicted molar refractivity (Wildman–Crippen MR) is 158 cm³/mol. The summed E-state index contributed by atoms with van der Waals surface area (Å²) in [5.41, 5.74) is 6.32. The van der Waals surface area contributed by atoms with Gasteiger partial charge < -0.3 is 10.3 Å². The van der Waals surface area contributed by atoms with Crippen molar-refractivity contribution in [2.45, 2.75) is 45.4 Å². The molecule has 6 heterocycles. The molecule has 6 aromatic rings. The highest BCUT2D eigenvalue weighted by Gasteiger charge is 2.19. The van der Waals surface area contributed by atoms with E-state index in [0.717, 1.165) is 51.0 Å². The Morgan fingerprint density at radius 2 is 1.90 bits per heavy atom. The number of amides is 1. The van der Waals surface area contributed by atoms with Crippen LogP contribution in [0.4, 0.5) is 5.69 Å². The van der Waals surface area contributed by atoms with E-state index >= 15 is 0 Å². The van der Waals surface area contributed by atoms with E-state index in [9.17, 15) is 4.79 Å². The van der Waals surface area contributed by atoms with Gasteiger partial charge in [-0.2, -0.15) is 5.10 Å². The second-order valence-corrected chi connectivity index (χ2v) is 11.8. The number of hydrogen-bond acceptors (Lipinski definition) is 7. The van der Waals surface area contributed by atoms with Gasteiger partial charge in [0.15, 0.2) is 11.5 Å². The second kappa shape index (κ2) is 10.3. The molecule has 3 N–H and O–H groups in total. The van der Waals surface area contributed by atoms with Crippen molar-refractivity contribution < 1.29 is 4.79 Å². The Labute approximate surface area is 234 Å². The lowest BCUT2D eigenvalue weighted by Crippen LogP contribution is -2.18. The number of thiophene rings is 1. The average Bonchev–Trinajstić information content (AvgIpc) is 3.71. The standard InChI is InChI=1S/C30H28N8OS/c1-17-7-8-24(40-17)28-27-23(9-10-32-28)35-30(36-27)26-22-13-20(15-33-29(22)38-37-26)19-12-21(16-31-14-19)34-25(39)11-18-5-3-2-4-6-18/h7-10,12-16,18H,2-6,11H2,1H3,(H,34,39)(H,35,36)(H,33,37,38). The molecule has 1 aliphatic rings. The molecule has 0 bridgehead atoms. The van der Waals surface area contributed by atoms with Crippen molar-refractivity contribution in [3.63, 3.8) is 0 Å². The summed E-state index contributed by atoms with van der Waals surface area (Å²) in [7, 11) is 0. The highest BCUT2D eigenvalue weighted by Crippen LogP contribution is 2.34. The number of H-pyrrole nitrogens is 2. The van der Waals surface area contributed by atoms with Crippen LogP contribution in [0.25, 0.3) is 55.3 Å². The van der Waals surface area contributed by atoms with Gasteiger partial charge in [-0.25, -0.2) is 9.97 Å². The van der Waals surface area contributed by atoms with Gasteiger partial charge >= 0.3 is 0 Å². The summed E-state index contributed by atoms with van der Waals surface area (Å²) in [6.07, 6.45) is 13.6. The molecule has 10 heteroatoms. The third kappa shape index (κ3) is 4.75. The van der Waals surface area contributed by atoms with E-state index in [4.69, 9.17) is 4.98 Å². The van der Waals surface area contributed by atoms with Crippen molar-refractivity contribution in [2.75, 3.05) is 5.32 Å². The number of carbonyl (C=O) groups excluding carboxylic acids is 1. The van der Waals surface area contributed by atoms with E-state index in [-0.39, 0.29) is 5.91 Å². The first kappa shape index (κ1) is 24.6. The van der Waals surface area contributed by atoms with Crippen LogP contribution in [-0.4, -0.2) is 41.0 Å². The van der Waals surface area contributed by atoms with Crippen molar-refractivity contribution in [3.05, 3.63) is 60.0 Å². The van der Waals surface area contributed by atoms with Gasteiger partial charge in [0.2, 0.25) is 5.91 Å². The van der Waals surface area contributed by atoms with Gasteiger partial charge in [0.05, 0.1) is 27.7 Å². The van der Waals surface area contributed by atoms with Crippen molar-refractivity contribution in [2.24, 2.45) is 5.92 Å². The summed E-state index contributed by atoms with van der Waals surface area (Å²) in [6.45, 7) is 2.08. The first-order chi connectivity index (χ1) is 19.6. The third-order valence-electron chi connectivity index (χ3n) is 7.57. The Morgan fingerprint density at radius 1 is 1.02 bits per heavy atom. The minimum Gasteiger partial charge on any atom is -0.336 e. The SMILES string of the molecule is Cc1ccc(-c2nccc3[nH]c(-c4n[nH]c5ncc(-c6cncc(NC(=O)CC7CCCCC7)c6)cc45)nc23)s1. The summed E-state index contributed by atoms with van der Waals surface area (Å²) in [5.74, 6) is 1.17. The number of aromatic amines is 2. The maximum absolute atomic E-state index is 12.7. The Kier molecular flexibility index (Phi) is 6.31. The van der Waals surface area contributed by atoms with Gasteiger partial charge in [0.1, 0.15) is 16.9 Å². The molecule has 0 aromatic carbocycles. The van der Waals surface area contributed by atoms with Crippen LogP contribution in [0.2, 0.25) is 0 Å². The Morgan fingerprint density at radius 3 is 2.75 bits per heavy atom. The molecule has 6 aromatic heterocycles. The van der Waals surface area contributed by atoms with Crippen LogP contribution >= 0.6 is 11.3 Å². The van der Waals surface area contributed by atoms with Gasteiger partial charge in [0, 0.05) is 41.0 Å². The number of anilines is 1. The normalized spacial score (nSPS) is 14.2. The third-order valence-corrected chi connectivity index (χ3v) is 8.58. The zero-order valence-electron chi connectivity index (χ0n) is 22.1. The van der Waals surface area contributed by atoms with Crippen LogP contribution in [0, 0.1) is 12.8 Å². The molecule has 1 amide bonds. The maximum Gasteiger partial charge on any atom is 0.224 e. The number of aryl methyl sites for hydroxylation is 1. The molecule has 1 aliphatic carbocycles. The minimum atomic E-state index is 0.0491. The quantitative estimate of drug-likeness (QED) is 0.208. The van der Waals surface area contributed by atoms with E-state index < -0.39 is 0 Å². The lowest BCUT2D eigenvalue weighted by Gasteiger charge is -2.20. The lowest BCUT2D eigenvalue weighted by molar-refractivity contribution is -0.117. The van der Waals surface area contributed by atoms with E-state index in [1.165, 1.54) is 24.1 Å². The fourth-order valence-electron chi connectivity index (χ4n) is 5.56. The van der Waals surface area contributed by atoms with Crippen molar-refractivity contribution >= 4 is 45.0 Å². The highest BCUT2D eigenvalue weighted by molar-refractivity contribution is 7.15. The van der Waals surface area contributed by atoms with Crippen LogP contribution in [0.5, 0.6) is 0 Å². The Balaban J connectivity index is 1.19. The number of nitrogens with one attached hydrogen (secondary N) is 3. The molecular formula is C30H28N8OS. The predicted octanol–water partition coefficient (Wildman–Crippen LogP) is 6.90. The molecule has 40 heavy (non-hydrogen) atoms. The van der Waals surface area contributed by atoms with Gasteiger partial charge in [-0.1, -0.05) is 19.3 Å².